The fraction of sp³-hybridized carbons (Fsp3) is 0.727. The highest BCUT2D eigenvalue weighted by molar-refractivity contribution is 5.77. The molecule has 0 aliphatic carbocycles. The van der Waals surface area contributed by atoms with Gasteiger partial charge in [0.1, 0.15) is 13.1 Å². The number of hydrogen-bond acceptors (Lipinski definition) is 4. The van der Waals surface area contributed by atoms with Crippen LogP contribution in [0.4, 0.5) is 0 Å². The number of rotatable bonds is 4. The third-order valence-electron chi connectivity index (χ3n) is 2.74. The Hall–Kier alpha value is -1.59. The number of amides is 1. The van der Waals surface area contributed by atoms with E-state index in [1.807, 2.05) is 12.1 Å². The van der Waals surface area contributed by atoms with Crippen LogP contribution in [-0.2, 0) is 4.79 Å². The maximum atomic E-state index is 11.8. The SMILES string of the molecule is N#CCN(CC#N)C(=O)CC1CCCNC1. The lowest BCUT2D eigenvalue weighted by Crippen LogP contribution is -2.37. The van der Waals surface area contributed by atoms with Crippen molar-refractivity contribution >= 4 is 5.91 Å². The van der Waals surface area contributed by atoms with E-state index >= 15 is 0 Å². The maximum absolute atomic E-state index is 11.8. The lowest BCUT2D eigenvalue weighted by molar-refractivity contribution is -0.131. The molecule has 1 heterocycles. The van der Waals surface area contributed by atoms with E-state index in [4.69, 9.17) is 10.5 Å². The molecule has 1 fully saturated rings. The number of nitriles is 2. The monoisotopic (exact) mass is 220 g/mol. The van der Waals surface area contributed by atoms with Gasteiger partial charge in [0.05, 0.1) is 12.1 Å². The minimum atomic E-state index is -0.0863. The molecule has 16 heavy (non-hydrogen) atoms. The van der Waals surface area contributed by atoms with Crippen molar-refractivity contribution in [1.82, 2.24) is 10.2 Å². The second-order valence-corrected chi connectivity index (χ2v) is 3.98. The van der Waals surface area contributed by atoms with Crippen LogP contribution in [0.5, 0.6) is 0 Å². The predicted octanol–water partition coefficient (Wildman–Crippen LogP) is 0.252. The molecule has 86 valence electrons. The maximum Gasteiger partial charge on any atom is 0.224 e. The number of carbonyl (C=O) groups is 1. The fourth-order valence-electron chi connectivity index (χ4n) is 1.88. The van der Waals surface area contributed by atoms with Gasteiger partial charge in [0.25, 0.3) is 0 Å². The van der Waals surface area contributed by atoms with Crippen molar-refractivity contribution in [2.45, 2.75) is 19.3 Å². The van der Waals surface area contributed by atoms with Crippen LogP contribution in [0.2, 0.25) is 0 Å². The largest absolute Gasteiger partial charge is 0.316 e. The van der Waals surface area contributed by atoms with Crippen molar-refractivity contribution in [3.63, 3.8) is 0 Å². The standard InChI is InChI=1S/C11H16N4O/c12-3-6-15(7-4-13)11(16)8-10-2-1-5-14-9-10/h10,14H,1-2,5-9H2. The van der Waals surface area contributed by atoms with Gasteiger partial charge in [-0.15, -0.1) is 0 Å². The summed E-state index contributed by atoms with van der Waals surface area (Å²) in [6.07, 6.45) is 2.58. The van der Waals surface area contributed by atoms with Crippen molar-refractivity contribution in [2.24, 2.45) is 5.92 Å². The second kappa shape index (κ2) is 6.81. The molecule has 1 saturated heterocycles. The minimum Gasteiger partial charge on any atom is -0.316 e. The molecule has 0 aromatic rings. The average Bonchev–Trinajstić information content (AvgIpc) is 2.30. The van der Waals surface area contributed by atoms with Gasteiger partial charge in [0, 0.05) is 6.42 Å². The number of carbonyl (C=O) groups excluding carboxylic acids is 1. The molecule has 0 saturated carbocycles. The topological polar surface area (TPSA) is 79.9 Å². The van der Waals surface area contributed by atoms with Gasteiger partial charge < -0.3 is 10.2 Å². The van der Waals surface area contributed by atoms with Crippen molar-refractivity contribution in [2.75, 3.05) is 26.2 Å². The van der Waals surface area contributed by atoms with Gasteiger partial charge in [-0.05, 0) is 31.8 Å². The van der Waals surface area contributed by atoms with E-state index in [1.165, 1.54) is 4.90 Å². The summed E-state index contributed by atoms with van der Waals surface area (Å²) in [5.41, 5.74) is 0. The number of nitrogens with one attached hydrogen (secondary N) is 1. The molecule has 5 heteroatoms. The molecule has 0 aromatic heterocycles. The van der Waals surface area contributed by atoms with Gasteiger partial charge in [0.2, 0.25) is 5.91 Å². The lowest BCUT2D eigenvalue weighted by atomic mass is 9.95. The van der Waals surface area contributed by atoms with Crippen molar-refractivity contribution in [3.8, 4) is 12.1 Å². The predicted molar refractivity (Wildman–Crippen MR) is 58.0 cm³/mol. The molecule has 0 spiro atoms. The Kier molecular flexibility index (Phi) is 5.31. The first-order valence-corrected chi connectivity index (χ1v) is 5.50. The van der Waals surface area contributed by atoms with Crippen LogP contribution in [0.1, 0.15) is 19.3 Å². The van der Waals surface area contributed by atoms with E-state index in [9.17, 15) is 4.79 Å². The normalized spacial score (nSPS) is 19.5. The summed E-state index contributed by atoms with van der Waals surface area (Å²) in [6, 6.07) is 3.82. The molecule has 0 bridgehead atoms. The molecule has 1 unspecified atom stereocenters. The zero-order valence-corrected chi connectivity index (χ0v) is 9.28. The van der Waals surface area contributed by atoms with E-state index in [0.29, 0.717) is 12.3 Å². The first-order chi connectivity index (χ1) is 7.77. The first kappa shape index (κ1) is 12.5. The minimum absolute atomic E-state index is 0.00649. The van der Waals surface area contributed by atoms with E-state index in [2.05, 4.69) is 5.32 Å². The summed E-state index contributed by atoms with van der Waals surface area (Å²) in [5, 5.41) is 20.3. The molecule has 1 rings (SSSR count). The Morgan fingerprint density at radius 1 is 1.38 bits per heavy atom. The van der Waals surface area contributed by atoms with Gasteiger partial charge in [-0.3, -0.25) is 4.79 Å². The molecule has 5 nitrogen and oxygen atoms in total. The second-order valence-electron chi connectivity index (χ2n) is 3.98. The molecule has 1 aliphatic rings. The molecule has 0 aromatic carbocycles. The van der Waals surface area contributed by atoms with Crippen LogP contribution in [0, 0.1) is 28.6 Å². The molecule has 1 atom stereocenters. The number of nitrogens with zero attached hydrogens (tertiary/aromatic N) is 3. The highest BCUT2D eigenvalue weighted by Gasteiger charge is 2.20. The van der Waals surface area contributed by atoms with Crippen molar-refractivity contribution in [3.05, 3.63) is 0 Å². The summed E-state index contributed by atoms with van der Waals surface area (Å²) in [7, 11) is 0. The van der Waals surface area contributed by atoms with E-state index in [0.717, 1.165) is 25.9 Å². The Morgan fingerprint density at radius 2 is 2.06 bits per heavy atom. The van der Waals surface area contributed by atoms with Crippen LogP contribution < -0.4 is 5.32 Å². The first-order valence-electron chi connectivity index (χ1n) is 5.50. The summed E-state index contributed by atoms with van der Waals surface area (Å²) < 4.78 is 0. The van der Waals surface area contributed by atoms with Gasteiger partial charge >= 0.3 is 0 Å². The van der Waals surface area contributed by atoms with E-state index in [1.54, 1.807) is 0 Å². The summed E-state index contributed by atoms with van der Waals surface area (Å²) in [6.45, 7) is 1.89. The van der Waals surface area contributed by atoms with Crippen LogP contribution in [0.15, 0.2) is 0 Å². The smallest absolute Gasteiger partial charge is 0.224 e. The van der Waals surface area contributed by atoms with Crippen molar-refractivity contribution < 1.29 is 4.79 Å². The Balaban J connectivity index is 2.41. The summed E-state index contributed by atoms with van der Waals surface area (Å²) >= 11 is 0. The average molecular weight is 220 g/mol. The van der Waals surface area contributed by atoms with Gasteiger partial charge in [-0.1, -0.05) is 0 Å². The fourth-order valence-corrected chi connectivity index (χ4v) is 1.88. The number of hydrogen-bond donors (Lipinski definition) is 1. The zero-order chi connectivity index (χ0) is 11.8. The van der Waals surface area contributed by atoms with Crippen LogP contribution in [0.25, 0.3) is 0 Å². The Bertz CT molecular complexity index is 293. The van der Waals surface area contributed by atoms with Crippen LogP contribution in [-0.4, -0.2) is 37.0 Å². The van der Waals surface area contributed by atoms with Crippen LogP contribution >= 0.6 is 0 Å². The third-order valence-corrected chi connectivity index (χ3v) is 2.74. The highest BCUT2D eigenvalue weighted by Crippen LogP contribution is 2.15. The number of piperidine rings is 1. The van der Waals surface area contributed by atoms with E-state index in [-0.39, 0.29) is 19.0 Å². The highest BCUT2D eigenvalue weighted by atomic mass is 16.2. The Morgan fingerprint density at radius 3 is 2.56 bits per heavy atom. The van der Waals surface area contributed by atoms with Gasteiger partial charge in [-0.2, -0.15) is 10.5 Å². The van der Waals surface area contributed by atoms with Crippen molar-refractivity contribution in [1.29, 1.82) is 10.5 Å². The molecule has 1 N–H and O–H groups in total. The quantitative estimate of drug-likeness (QED) is 0.689. The molecular formula is C11H16N4O. The Labute approximate surface area is 95.6 Å². The summed E-state index contributed by atoms with van der Waals surface area (Å²) in [5.74, 6) is 0.262. The van der Waals surface area contributed by atoms with Gasteiger partial charge in [-0.25, -0.2) is 0 Å². The molecule has 0 radical (unpaired) electrons. The zero-order valence-electron chi connectivity index (χ0n) is 9.28. The third kappa shape index (κ3) is 3.88. The van der Waals surface area contributed by atoms with E-state index < -0.39 is 0 Å². The molecular weight excluding hydrogens is 204 g/mol. The molecule has 1 aliphatic heterocycles. The lowest BCUT2D eigenvalue weighted by Gasteiger charge is -2.24. The van der Waals surface area contributed by atoms with Crippen LogP contribution in [0.3, 0.4) is 0 Å². The van der Waals surface area contributed by atoms with Gasteiger partial charge in [0.15, 0.2) is 0 Å². The molecule has 1 amide bonds. The summed E-state index contributed by atoms with van der Waals surface area (Å²) in [4.78, 5) is 13.1.